The highest BCUT2D eigenvalue weighted by atomic mass is 14.0. The summed E-state index contributed by atoms with van der Waals surface area (Å²) < 4.78 is 0. The molecule has 0 nitrogen and oxygen atoms in total. The summed E-state index contributed by atoms with van der Waals surface area (Å²) in [7, 11) is 0. The van der Waals surface area contributed by atoms with E-state index in [1.807, 2.05) is 0 Å². The fourth-order valence-electron chi connectivity index (χ4n) is 3.27. The third-order valence-corrected chi connectivity index (χ3v) is 4.62. The first-order chi connectivity index (χ1) is 12.3. The van der Waals surface area contributed by atoms with Gasteiger partial charge in [-0.15, -0.1) is 0 Å². The maximum Gasteiger partial charge on any atom is -0.0155 e. The molecular weight excluding hydrogens is 300 g/mol. The summed E-state index contributed by atoms with van der Waals surface area (Å²) in [6, 6.07) is 36.2. The van der Waals surface area contributed by atoms with Crippen LogP contribution in [0.1, 0.15) is 5.56 Å². The monoisotopic (exact) mass is 320 g/mol. The molecule has 5 aromatic carbocycles. The highest BCUT2D eigenvalue weighted by Gasteiger charge is 1.95. The molecule has 0 aliphatic rings. The summed E-state index contributed by atoms with van der Waals surface area (Å²) in [6.07, 6.45) is 0. The Bertz CT molecular complexity index is 1040. The van der Waals surface area contributed by atoms with Gasteiger partial charge in [-0.05, 0) is 56.9 Å². The molecule has 5 aromatic rings. The van der Waals surface area contributed by atoms with E-state index in [-0.39, 0.29) is 0 Å². The molecule has 0 heteroatoms. The Hall–Kier alpha value is -3.12. The molecule has 0 saturated heterocycles. The van der Waals surface area contributed by atoms with E-state index in [1.165, 1.54) is 37.9 Å². The smallest absolute Gasteiger partial charge is 0.0155 e. The molecule has 0 heterocycles. The van der Waals surface area contributed by atoms with Crippen LogP contribution in [0.25, 0.3) is 32.3 Å². The number of fused-ring (bicyclic) bond motifs is 3. The van der Waals surface area contributed by atoms with Crippen LogP contribution in [0.4, 0.5) is 0 Å². The summed E-state index contributed by atoms with van der Waals surface area (Å²) in [5, 5.41) is 7.93. The van der Waals surface area contributed by atoms with Crippen LogP contribution in [0.2, 0.25) is 0 Å². The maximum atomic E-state index is 2.24. The van der Waals surface area contributed by atoms with Crippen molar-refractivity contribution in [3.05, 3.63) is 109 Å². The van der Waals surface area contributed by atoms with Crippen LogP contribution >= 0.6 is 0 Å². The Morgan fingerprint density at radius 1 is 0.400 bits per heavy atom. The molecule has 0 aliphatic heterocycles. The number of aryl methyl sites for hydroxylation is 1. The van der Waals surface area contributed by atoms with Gasteiger partial charge in [0.05, 0.1) is 0 Å². The molecule has 0 aromatic heterocycles. The number of rotatable bonds is 0. The molecule has 0 N–H and O–H groups in total. The lowest BCUT2D eigenvalue weighted by Crippen LogP contribution is -1.75. The first kappa shape index (κ1) is 15.4. The Balaban J connectivity index is 0.000000129. The average Bonchev–Trinajstić information content (AvgIpc) is 2.67. The Morgan fingerprint density at radius 2 is 0.800 bits per heavy atom. The summed E-state index contributed by atoms with van der Waals surface area (Å²) in [4.78, 5) is 0. The number of hydrogen-bond acceptors (Lipinski definition) is 0. The molecule has 0 aliphatic carbocycles. The number of benzene rings is 5. The van der Waals surface area contributed by atoms with Gasteiger partial charge in [0.25, 0.3) is 0 Å². The normalized spacial score (nSPS) is 10.6. The fraction of sp³-hybridized carbons (Fsp3) is 0.0400. The van der Waals surface area contributed by atoms with Crippen LogP contribution in [0, 0.1) is 6.92 Å². The first-order valence-electron chi connectivity index (χ1n) is 8.63. The van der Waals surface area contributed by atoms with E-state index >= 15 is 0 Å². The lowest BCUT2D eigenvalue weighted by Gasteiger charge is -2.00. The SMILES string of the molecule is Cc1cccc2ccccc12.c1ccc2cc3ccccc3cc2c1. The van der Waals surface area contributed by atoms with E-state index in [9.17, 15) is 0 Å². The average molecular weight is 320 g/mol. The van der Waals surface area contributed by atoms with Crippen LogP contribution in [-0.2, 0) is 0 Å². The second-order valence-electron chi connectivity index (χ2n) is 6.34. The van der Waals surface area contributed by atoms with Gasteiger partial charge in [0.2, 0.25) is 0 Å². The third kappa shape index (κ3) is 3.25. The van der Waals surface area contributed by atoms with Crippen LogP contribution in [-0.4, -0.2) is 0 Å². The second-order valence-corrected chi connectivity index (χ2v) is 6.34. The van der Waals surface area contributed by atoms with Gasteiger partial charge < -0.3 is 0 Å². The molecule has 0 saturated carbocycles. The minimum Gasteiger partial charge on any atom is -0.0616 e. The van der Waals surface area contributed by atoms with Gasteiger partial charge in [-0.1, -0.05) is 91.0 Å². The van der Waals surface area contributed by atoms with Gasteiger partial charge in [0.1, 0.15) is 0 Å². The Kier molecular flexibility index (Phi) is 4.18. The molecule has 25 heavy (non-hydrogen) atoms. The molecule has 120 valence electrons. The van der Waals surface area contributed by atoms with Gasteiger partial charge in [0, 0.05) is 0 Å². The summed E-state index contributed by atoms with van der Waals surface area (Å²) in [5.74, 6) is 0. The quantitative estimate of drug-likeness (QED) is 0.266. The molecule has 5 rings (SSSR count). The summed E-state index contributed by atoms with van der Waals surface area (Å²) in [5.41, 5.74) is 1.35. The third-order valence-electron chi connectivity index (χ3n) is 4.62. The van der Waals surface area contributed by atoms with E-state index in [0.717, 1.165) is 0 Å². The topological polar surface area (TPSA) is 0 Å². The zero-order chi connectivity index (χ0) is 17.1. The van der Waals surface area contributed by atoms with E-state index in [1.54, 1.807) is 0 Å². The molecule has 0 amide bonds. The minimum absolute atomic E-state index is 1.31. The van der Waals surface area contributed by atoms with Gasteiger partial charge in [-0.2, -0.15) is 0 Å². The van der Waals surface area contributed by atoms with Crippen molar-refractivity contribution in [3.8, 4) is 0 Å². The highest BCUT2D eigenvalue weighted by molar-refractivity contribution is 5.98. The zero-order valence-electron chi connectivity index (χ0n) is 14.3. The van der Waals surface area contributed by atoms with Gasteiger partial charge in [0.15, 0.2) is 0 Å². The first-order valence-corrected chi connectivity index (χ1v) is 8.63. The van der Waals surface area contributed by atoms with E-state index in [2.05, 4.69) is 110 Å². The van der Waals surface area contributed by atoms with Crippen LogP contribution < -0.4 is 0 Å². The van der Waals surface area contributed by atoms with Crippen molar-refractivity contribution < 1.29 is 0 Å². The molecular formula is C25H20. The molecule has 0 fully saturated rings. The lowest BCUT2D eigenvalue weighted by molar-refractivity contribution is 1.53. The largest absolute Gasteiger partial charge is 0.0616 e. The van der Waals surface area contributed by atoms with Crippen molar-refractivity contribution in [3.63, 3.8) is 0 Å². The minimum atomic E-state index is 1.31. The predicted octanol–water partition coefficient (Wildman–Crippen LogP) is 7.14. The fourth-order valence-corrected chi connectivity index (χ4v) is 3.27. The molecule has 0 atom stereocenters. The van der Waals surface area contributed by atoms with E-state index in [4.69, 9.17) is 0 Å². The standard InChI is InChI=1S/C14H10.C11H10/c1-2-6-12-10-14-8-4-3-7-13(14)9-11(12)5-1;1-9-5-4-7-10-6-2-3-8-11(9)10/h1-10H;2-8H,1H3. The Morgan fingerprint density at radius 3 is 1.28 bits per heavy atom. The van der Waals surface area contributed by atoms with Crippen molar-refractivity contribution in [1.82, 2.24) is 0 Å². The summed E-state index contributed by atoms with van der Waals surface area (Å²) >= 11 is 0. The van der Waals surface area contributed by atoms with Crippen LogP contribution in [0.5, 0.6) is 0 Å². The number of hydrogen-bond donors (Lipinski definition) is 0. The van der Waals surface area contributed by atoms with E-state index < -0.39 is 0 Å². The molecule has 0 radical (unpaired) electrons. The zero-order valence-corrected chi connectivity index (χ0v) is 14.3. The summed E-state index contributed by atoms with van der Waals surface area (Å²) in [6.45, 7) is 2.14. The van der Waals surface area contributed by atoms with Crippen molar-refractivity contribution in [2.75, 3.05) is 0 Å². The van der Waals surface area contributed by atoms with Crippen LogP contribution in [0.15, 0.2) is 103 Å². The maximum absolute atomic E-state index is 2.24. The highest BCUT2D eigenvalue weighted by Crippen LogP contribution is 2.22. The lowest BCUT2D eigenvalue weighted by atomic mass is 10.0. The van der Waals surface area contributed by atoms with Crippen LogP contribution in [0.3, 0.4) is 0 Å². The van der Waals surface area contributed by atoms with Gasteiger partial charge in [-0.3, -0.25) is 0 Å². The molecule has 0 bridgehead atoms. The Labute approximate surface area is 148 Å². The van der Waals surface area contributed by atoms with Crippen molar-refractivity contribution in [2.45, 2.75) is 6.92 Å². The molecule has 0 unspecified atom stereocenters. The van der Waals surface area contributed by atoms with Crippen molar-refractivity contribution >= 4 is 32.3 Å². The second kappa shape index (κ2) is 6.78. The van der Waals surface area contributed by atoms with Crippen molar-refractivity contribution in [2.24, 2.45) is 0 Å². The van der Waals surface area contributed by atoms with Gasteiger partial charge >= 0.3 is 0 Å². The van der Waals surface area contributed by atoms with E-state index in [0.29, 0.717) is 0 Å². The molecule has 0 spiro atoms. The van der Waals surface area contributed by atoms with Gasteiger partial charge in [-0.25, -0.2) is 0 Å². The van der Waals surface area contributed by atoms with Crippen molar-refractivity contribution in [1.29, 1.82) is 0 Å². The predicted molar refractivity (Wildman–Crippen MR) is 110 cm³/mol.